The second-order valence-corrected chi connectivity index (χ2v) is 5.36. The first-order valence-corrected chi connectivity index (χ1v) is 6.63. The summed E-state index contributed by atoms with van der Waals surface area (Å²) in [6.45, 7) is 4.14. The van der Waals surface area contributed by atoms with Gasteiger partial charge in [-0.25, -0.2) is 0 Å². The smallest absolute Gasteiger partial charge is 0.166 e. The van der Waals surface area contributed by atoms with Crippen LogP contribution in [0.4, 0.5) is 13.2 Å². The molecule has 0 atom stereocenters. The van der Waals surface area contributed by atoms with Crippen molar-refractivity contribution >= 4 is 21.8 Å². The minimum Gasteiger partial charge on any atom is -0.166 e. The maximum Gasteiger partial charge on any atom is 0.416 e. The van der Waals surface area contributed by atoms with Crippen molar-refractivity contribution in [2.45, 2.75) is 25.9 Å². The van der Waals surface area contributed by atoms with Crippen LogP contribution in [0.15, 0.2) is 36.4 Å². The third kappa shape index (κ3) is 2.44. The first-order chi connectivity index (χ1) is 9.86. The van der Waals surface area contributed by atoms with Crippen molar-refractivity contribution in [3.8, 4) is 0 Å². The molecule has 0 bridgehead atoms. The van der Waals surface area contributed by atoms with Gasteiger partial charge in [0.15, 0.2) is 0 Å². The number of nitrogens with zero attached hydrogens (tertiary/aromatic N) is 2. The Morgan fingerprint density at radius 3 is 2.24 bits per heavy atom. The van der Waals surface area contributed by atoms with Gasteiger partial charge in [-0.3, -0.25) is 0 Å². The second kappa shape index (κ2) is 4.69. The Bertz CT molecular complexity index is 823. The fourth-order valence-electron chi connectivity index (χ4n) is 2.34. The number of aromatic nitrogens is 2. The first-order valence-electron chi connectivity index (χ1n) is 6.63. The van der Waals surface area contributed by atoms with Crippen LogP contribution in [0, 0.1) is 0 Å². The minimum atomic E-state index is -4.37. The second-order valence-electron chi connectivity index (χ2n) is 5.36. The Kier molecular flexibility index (Phi) is 3.08. The molecule has 0 fully saturated rings. The molecule has 0 N–H and O–H groups in total. The average Bonchev–Trinajstić information content (AvgIpc) is 2.44. The average molecular weight is 290 g/mol. The van der Waals surface area contributed by atoms with Crippen LogP contribution >= 0.6 is 0 Å². The highest BCUT2D eigenvalue weighted by atomic mass is 19.4. The molecule has 0 unspecified atom stereocenters. The highest BCUT2D eigenvalue weighted by Gasteiger charge is 2.30. The summed E-state index contributed by atoms with van der Waals surface area (Å²) >= 11 is 0. The zero-order valence-electron chi connectivity index (χ0n) is 11.6. The summed E-state index contributed by atoms with van der Waals surface area (Å²) in [4.78, 5) is 0. The first kappa shape index (κ1) is 13.8. The van der Waals surface area contributed by atoms with E-state index >= 15 is 0 Å². The molecular formula is C16H13F3N2. The molecule has 1 aromatic heterocycles. The highest BCUT2D eigenvalue weighted by molar-refractivity contribution is 6.03. The molecule has 0 saturated heterocycles. The van der Waals surface area contributed by atoms with Crippen LogP contribution in [0.3, 0.4) is 0 Å². The fraction of sp³-hybridized carbons (Fsp3) is 0.250. The molecular weight excluding hydrogens is 277 g/mol. The van der Waals surface area contributed by atoms with Gasteiger partial charge in [-0.2, -0.15) is 13.2 Å². The normalized spacial score (nSPS) is 12.5. The van der Waals surface area contributed by atoms with Crippen molar-refractivity contribution in [3.63, 3.8) is 0 Å². The molecule has 0 aliphatic carbocycles. The Hall–Kier alpha value is -2.17. The topological polar surface area (TPSA) is 25.8 Å². The lowest BCUT2D eigenvalue weighted by Gasteiger charge is -2.10. The van der Waals surface area contributed by atoms with E-state index in [9.17, 15) is 13.2 Å². The van der Waals surface area contributed by atoms with Crippen LogP contribution in [-0.4, -0.2) is 10.2 Å². The Morgan fingerprint density at radius 1 is 0.857 bits per heavy atom. The van der Waals surface area contributed by atoms with Gasteiger partial charge in [-0.1, -0.05) is 26.0 Å². The van der Waals surface area contributed by atoms with Crippen molar-refractivity contribution in [1.82, 2.24) is 10.2 Å². The summed E-state index contributed by atoms with van der Waals surface area (Å²) in [5, 5.41) is 9.45. The van der Waals surface area contributed by atoms with Gasteiger partial charge in [-0.05, 0) is 35.7 Å². The van der Waals surface area contributed by atoms with Crippen molar-refractivity contribution in [1.29, 1.82) is 0 Å². The number of hydrogen-bond donors (Lipinski definition) is 0. The van der Waals surface area contributed by atoms with Crippen LogP contribution < -0.4 is 0 Å². The number of fused-ring (bicyclic) bond motifs is 3. The van der Waals surface area contributed by atoms with E-state index in [1.54, 1.807) is 0 Å². The Balaban J connectivity index is 2.30. The molecule has 21 heavy (non-hydrogen) atoms. The van der Waals surface area contributed by atoms with Gasteiger partial charge in [-0.15, -0.1) is 10.2 Å². The molecule has 0 radical (unpaired) electrons. The SMILES string of the molecule is CC(C)c1ccc2nnc3cc(C(F)(F)F)ccc3c2c1. The van der Waals surface area contributed by atoms with Crippen molar-refractivity contribution < 1.29 is 13.2 Å². The fourth-order valence-corrected chi connectivity index (χ4v) is 2.34. The molecule has 3 aromatic rings. The van der Waals surface area contributed by atoms with E-state index < -0.39 is 11.7 Å². The number of hydrogen-bond acceptors (Lipinski definition) is 2. The lowest BCUT2D eigenvalue weighted by molar-refractivity contribution is -0.137. The van der Waals surface area contributed by atoms with E-state index in [0.717, 1.165) is 23.1 Å². The van der Waals surface area contributed by atoms with Crippen LogP contribution in [0.1, 0.15) is 30.9 Å². The molecule has 0 spiro atoms. The molecule has 1 heterocycles. The maximum atomic E-state index is 12.8. The predicted molar refractivity (Wildman–Crippen MR) is 76.1 cm³/mol. The minimum absolute atomic E-state index is 0.262. The summed E-state index contributed by atoms with van der Waals surface area (Å²) in [7, 11) is 0. The molecule has 5 heteroatoms. The van der Waals surface area contributed by atoms with Gasteiger partial charge >= 0.3 is 6.18 Å². The highest BCUT2D eigenvalue weighted by Crippen LogP contribution is 2.33. The van der Waals surface area contributed by atoms with Gasteiger partial charge in [0, 0.05) is 10.8 Å². The molecule has 0 aliphatic rings. The third-order valence-electron chi connectivity index (χ3n) is 3.57. The van der Waals surface area contributed by atoms with Crippen molar-refractivity contribution in [2.24, 2.45) is 0 Å². The van der Waals surface area contributed by atoms with Gasteiger partial charge < -0.3 is 0 Å². The van der Waals surface area contributed by atoms with E-state index in [4.69, 9.17) is 0 Å². The van der Waals surface area contributed by atoms with E-state index in [0.29, 0.717) is 16.8 Å². The molecule has 108 valence electrons. The Morgan fingerprint density at radius 2 is 1.57 bits per heavy atom. The number of rotatable bonds is 1. The Labute approximate surface area is 119 Å². The van der Waals surface area contributed by atoms with Gasteiger partial charge in [0.2, 0.25) is 0 Å². The summed E-state index contributed by atoms with van der Waals surface area (Å²) < 4.78 is 38.3. The van der Waals surface area contributed by atoms with Crippen LogP contribution in [0.5, 0.6) is 0 Å². The van der Waals surface area contributed by atoms with Crippen molar-refractivity contribution in [3.05, 3.63) is 47.5 Å². The number of benzene rings is 2. The van der Waals surface area contributed by atoms with Crippen LogP contribution in [0.2, 0.25) is 0 Å². The van der Waals surface area contributed by atoms with Crippen LogP contribution in [0.25, 0.3) is 21.8 Å². The maximum absolute atomic E-state index is 12.8. The van der Waals surface area contributed by atoms with Crippen LogP contribution in [-0.2, 0) is 6.18 Å². The van der Waals surface area contributed by atoms with E-state index in [1.807, 2.05) is 18.2 Å². The predicted octanol–water partition coefficient (Wildman–Crippen LogP) is 4.93. The quantitative estimate of drug-likeness (QED) is 0.594. The van der Waals surface area contributed by atoms with E-state index in [1.165, 1.54) is 6.07 Å². The van der Waals surface area contributed by atoms with Gasteiger partial charge in [0.25, 0.3) is 0 Å². The lowest BCUT2D eigenvalue weighted by Crippen LogP contribution is -2.04. The largest absolute Gasteiger partial charge is 0.416 e. The number of halogens is 3. The van der Waals surface area contributed by atoms with E-state index in [-0.39, 0.29) is 5.52 Å². The molecule has 3 rings (SSSR count). The van der Waals surface area contributed by atoms with Gasteiger partial charge in [0.1, 0.15) is 0 Å². The van der Waals surface area contributed by atoms with Gasteiger partial charge in [0.05, 0.1) is 16.6 Å². The summed E-state index contributed by atoms with van der Waals surface area (Å²) in [6, 6.07) is 9.41. The molecule has 2 aromatic carbocycles. The third-order valence-corrected chi connectivity index (χ3v) is 3.57. The van der Waals surface area contributed by atoms with Crippen molar-refractivity contribution in [2.75, 3.05) is 0 Å². The number of alkyl halides is 3. The standard InChI is InChI=1S/C16H13F3N2/c1-9(2)10-3-6-14-13(7-10)12-5-4-11(16(17,18)19)8-15(12)21-20-14/h3-9H,1-2H3. The summed E-state index contributed by atoms with van der Waals surface area (Å²) in [5.41, 5.74) is 1.37. The monoisotopic (exact) mass is 290 g/mol. The molecule has 0 amide bonds. The zero-order valence-corrected chi connectivity index (χ0v) is 11.6. The summed E-state index contributed by atoms with van der Waals surface area (Å²) in [6.07, 6.45) is -4.37. The van der Waals surface area contributed by atoms with E-state index in [2.05, 4.69) is 24.0 Å². The molecule has 0 saturated carbocycles. The molecule has 0 aliphatic heterocycles. The lowest BCUT2D eigenvalue weighted by atomic mass is 9.99. The molecule has 2 nitrogen and oxygen atoms in total. The summed E-state index contributed by atoms with van der Waals surface area (Å²) in [5.74, 6) is 0.340. The zero-order chi connectivity index (χ0) is 15.2.